The van der Waals surface area contributed by atoms with Crippen LogP contribution in [-0.2, 0) is 0 Å². The molecule has 0 aromatic carbocycles. The molecule has 3 N–H and O–H groups in total. The van der Waals surface area contributed by atoms with E-state index in [9.17, 15) is 13.2 Å². The Hall–Kier alpha value is -0.980. The zero-order valence-electron chi connectivity index (χ0n) is 5.85. The molecule has 0 bridgehead atoms. The van der Waals surface area contributed by atoms with Crippen molar-refractivity contribution in [1.82, 2.24) is 4.98 Å². The molecule has 0 saturated carbocycles. The number of anilines is 2. The van der Waals surface area contributed by atoms with Crippen LogP contribution in [0.15, 0.2) is 6.20 Å². The number of aromatic nitrogens is 1. The van der Waals surface area contributed by atoms with Crippen molar-refractivity contribution < 1.29 is 13.2 Å². The molecule has 1 aromatic heterocycles. The number of nitrogen functional groups attached to an aromatic ring is 1. The number of thiazole rings is 1. The van der Waals surface area contributed by atoms with Gasteiger partial charge in [0, 0.05) is 0 Å². The lowest BCUT2D eigenvalue weighted by atomic mass is 10.6. The second-order valence-electron chi connectivity index (χ2n) is 2.04. The normalized spacial score (nSPS) is 11.6. The minimum Gasteiger partial charge on any atom is -0.389 e. The monoisotopic (exact) mass is 197 g/mol. The fraction of sp³-hybridized carbons (Fsp3) is 0.400. The predicted octanol–water partition coefficient (Wildman–Crippen LogP) is 1.70. The summed E-state index contributed by atoms with van der Waals surface area (Å²) in [6.45, 7) is -1.08. The summed E-state index contributed by atoms with van der Waals surface area (Å²) >= 11 is 0.984. The zero-order valence-corrected chi connectivity index (χ0v) is 6.67. The highest BCUT2D eigenvalue weighted by Gasteiger charge is 2.26. The van der Waals surface area contributed by atoms with Crippen LogP contribution in [0.3, 0.4) is 0 Å². The van der Waals surface area contributed by atoms with Gasteiger partial charge in [-0.2, -0.15) is 13.2 Å². The quantitative estimate of drug-likeness (QED) is 0.758. The van der Waals surface area contributed by atoms with Crippen LogP contribution in [0, 0.1) is 0 Å². The molecule has 0 spiro atoms. The van der Waals surface area contributed by atoms with Gasteiger partial charge in [-0.15, -0.1) is 0 Å². The van der Waals surface area contributed by atoms with Gasteiger partial charge in [-0.1, -0.05) is 11.3 Å². The van der Waals surface area contributed by atoms with Crippen LogP contribution in [0.25, 0.3) is 0 Å². The lowest BCUT2D eigenvalue weighted by molar-refractivity contribution is -0.115. The molecule has 0 atom stereocenters. The van der Waals surface area contributed by atoms with Crippen molar-refractivity contribution in [3.05, 3.63) is 6.20 Å². The third-order valence-corrected chi connectivity index (χ3v) is 1.75. The molecule has 0 unspecified atom stereocenters. The van der Waals surface area contributed by atoms with E-state index < -0.39 is 12.7 Å². The topological polar surface area (TPSA) is 50.9 Å². The lowest BCUT2D eigenvalue weighted by Crippen LogP contribution is -2.21. The number of alkyl halides is 3. The van der Waals surface area contributed by atoms with E-state index >= 15 is 0 Å². The molecule has 0 saturated heterocycles. The van der Waals surface area contributed by atoms with Gasteiger partial charge >= 0.3 is 6.18 Å². The summed E-state index contributed by atoms with van der Waals surface area (Å²) in [5.74, 6) is 0. The minimum absolute atomic E-state index is 0.185. The van der Waals surface area contributed by atoms with Gasteiger partial charge < -0.3 is 11.1 Å². The van der Waals surface area contributed by atoms with Crippen molar-refractivity contribution in [2.45, 2.75) is 6.18 Å². The van der Waals surface area contributed by atoms with E-state index in [-0.39, 0.29) is 5.13 Å². The number of nitrogens with zero attached hydrogens (tertiary/aromatic N) is 1. The molecule has 7 heteroatoms. The molecular formula is C5H6F3N3S. The Labute approximate surface area is 70.4 Å². The molecule has 3 nitrogen and oxygen atoms in total. The van der Waals surface area contributed by atoms with Crippen molar-refractivity contribution in [2.75, 3.05) is 17.6 Å². The Bertz CT molecular complexity index is 257. The third kappa shape index (κ3) is 2.95. The fourth-order valence-corrected chi connectivity index (χ4v) is 1.12. The van der Waals surface area contributed by atoms with Gasteiger partial charge in [0.15, 0.2) is 5.13 Å². The largest absolute Gasteiger partial charge is 0.405 e. The number of hydrogen-bond donors (Lipinski definition) is 2. The van der Waals surface area contributed by atoms with E-state index in [1.165, 1.54) is 6.20 Å². The van der Waals surface area contributed by atoms with Crippen LogP contribution in [0.2, 0.25) is 0 Å². The van der Waals surface area contributed by atoms with E-state index in [4.69, 9.17) is 5.73 Å². The second-order valence-corrected chi connectivity index (χ2v) is 3.10. The molecule has 1 heterocycles. The zero-order chi connectivity index (χ0) is 9.19. The highest BCUT2D eigenvalue weighted by atomic mass is 32.1. The van der Waals surface area contributed by atoms with Crippen LogP contribution in [0.1, 0.15) is 0 Å². The highest BCUT2D eigenvalue weighted by molar-refractivity contribution is 7.19. The van der Waals surface area contributed by atoms with Crippen molar-refractivity contribution in [2.24, 2.45) is 0 Å². The Morgan fingerprint density at radius 2 is 2.25 bits per heavy atom. The van der Waals surface area contributed by atoms with Crippen molar-refractivity contribution in [3.63, 3.8) is 0 Å². The molecule has 1 aromatic rings. The minimum atomic E-state index is -4.22. The summed E-state index contributed by atoms with van der Waals surface area (Å²) < 4.78 is 34.9. The van der Waals surface area contributed by atoms with Gasteiger partial charge in [0.25, 0.3) is 0 Å². The molecule has 0 aliphatic rings. The van der Waals surface area contributed by atoms with Gasteiger partial charge in [0.05, 0.1) is 6.20 Å². The molecule has 0 aliphatic carbocycles. The number of nitrogens with two attached hydrogens (primary N) is 1. The number of nitrogens with one attached hydrogen (secondary N) is 1. The first-order chi connectivity index (χ1) is 5.47. The van der Waals surface area contributed by atoms with Gasteiger partial charge in [-0.3, -0.25) is 0 Å². The molecule has 68 valence electrons. The first-order valence-corrected chi connectivity index (χ1v) is 3.81. The van der Waals surface area contributed by atoms with Crippen LogP contribution >= 0.6 is 11.3 Å². The summed E-state index contributed by atoms with van der Waals surface area (Å²) in [5.41, 5.74) is 5.25. The summed E-state index contributed by atoms with van der Waals surface area (Å²) in [6, 6.07) is 0. The Balaban J connectivity index is 2.44. The van der Waals surface area contributed by atoms with Crippen LogP contribution in [0.5, 0.6) is 0 Å². The van der Waals surface area contributed by atoms with Crippen molar-refractivity contribution in [3.8, 4) is 0 Å². The summed E-state index contributed by atoms with van der Waals surface area (Å²) in [7, 11) is 0. The molecule has 0 aliphatic heterocycles. The number of rotatable bonds is 2. The molecule has 12 heavy (non-hydrogen) atoms. The van der Waals surface area contributed by atoms with Crippen molar-refractivity contribution in [1.29, 1.82) is 0 Å². The molecule has 1 rings (SSSR count). The maximum Gasteiger partial charge on any atom is 0.405 e. The molecular weight excluding hydrogens is 191 g/mol. The van der Waals surface area contributed by atoms with Crippen LogP contribution in [0.4, 0.5) is 23.3 Å². The van der Waals surface area contributed by atoms with E-state index in [0.29, 0.717) is 5.00 Å². The number of hydrogen-bond acceptors (Lipinski definition) is 4. The SMILES string of the molecule is Nc1cnc(NCC(F)(F)F)s1. The lowest BCUT2D eigenvalue weighted by Gasteiger charge is -2.05. The Kier molecular flexibility index (Phi) is 2.41. The first-order valence-electron chi connectivity index (χ1n) is 2.99. The van der Waals surface area contributed by atoms with Gasteiger partial charge in [0.2, 0.25) is 0 Å². The number of halogens is 3. The van der Waals surface area contributed by atoms with Crippen molar-refractivity contribution >= 4 is 21.5 Å². The van der Waals surface area contributed by atoms with E-state index in [1.807, 2.05) is 0 Å². The predicted molar refractivity (Wildman–Crippen MR) is 41.1 cm³/mol. The van der Waals surface area contributed by atoms with E-state index in [1.54, 1.807) is 0 Å². The Morgan fingerprint density at radius 1 is 1.58 bits per heavy atom. The van der Waals surface area contributed by atoms with E-state index in [0.717, 1.165) is 11.3 Å². The molecule has 0 amide bonds. The summed E-state index contributed by atoms with van der Waals surface area (Å²) in [6.07, 6.45) is -2.91. The van der Waals surface area contributed by atoms with Gasteiger partial charge in [-0.25, -0.2) is 4.98 Å². The van der Waals surface area contributed by atoms with Crippen LogP contribution < -0.4 is 11.1 Å². The fourth-order valence-electron chi connectivity index (χ4n) is 0.544. The second kappa shape index (κ2) is 3.18. The van der Waals surface area contributed by atoms with Crippen LogP contribution in [-0.4, -0.2) is 17.7 Å². The average molecular weight is 197 g/mol. The standard InChI is InChI=1S/C5H6F3N3S/c6-5(7,8)2-11-4-10-1-3(9)12-4/h1H,2,9H2,(H,10,11). The van der Waals surface area contributed by atoms with Gasteiger partial charge in [-0.05, 0) is 0 Å². The third-order valence-electron chi connectivity index (χ3n) is 0.964. The maximum absolute atomic E-state index is 11.6. The summed E-state index contributed by atoms with van der Waals surface area (Å²) in [4.78, 5) is 3.60. The Morgan fingerprint density at radius 3 is 2.67 bits per heavy atom. The summed E-state index contributed by atoms with van der Waals surface area (Å²) in [5, 5.41) is 2.68. The molecule has 0 radical (unpaired) electrons. The first kappa shape index (κ1) is 9.11. The van der Waals surface area contributed by atoms with Gasteiger partial charge in [0.1, 0.15) is 11.5 Å². The average Bonchev–Trinajstić information content (AvgIpc) is 2.30. The van der Waals surface area contributed by atoms with E-state index in [2.05, 4.69) is 10.3 Å². The maximum atomic E-state index is 11.6. The molecule has 0 fully saturated rings. The highest BCUT2D eigenvalue weighted by Crippen LogP contribution is 2.21. The smallest absolute Gasteiger partial charge is 0.389 e.